The number of halogens is 1. The largest absolute Gasteiger partial charge is 0.352 e. The standard InChI is InChI=1S/C21H23ClN2O2/c1-3-14-9-6-7-13(2)19(14)24-21(26)17-11-16(17)20(25)23-12-15-8-4-5-10-18(15)22/h4-10,16-17H,3,11-12H2,1-2H3,(H,23,25)(H,24,26). The number of nitrogens with one attached hydrogen (secondary N) is 2. The van der Waals surface area contributed by atoms with E-state index in [-0.39, 0.29) is 23.7 Å². The van der Waals surface area contributed by atoms with Crippen molar-refractivity contribution in [3.8, 4) is 0 Å². The fraction of sp³-hybridized carbons (Fsp3) is 0.333. The van der Waals surface area contributed by atoms with Crippen LogP contribution in [0.15, 0.2) is 42.5 Å². The third-order valence-electron chi connectivity index (χ3n) is 4.86. The van der Waals surface area contributed by atoms with Crippen LogP contribution >= 0.6 is 11.6 Å². The van der Waals surface area contributed by atoms with Gasteiger partial charge in [-0.25, -0.2) is 0 Å². The summed E-state index contributed by atoms with van der Waals surface area (Å²) in [6, 6.07) is 13.4. The van der Waals surface area contributed by atoms with Crippen LogP contribution in [0.3, 0.4) is 0 Å². The summed E-state index contributed by atoms with van der Waals surface area (Å²) in [5.74, 6) is -0.686. The number of carbonyl (C=O) groups excluding carboxylic acids is 2. The van der Waals surface area contributed by atoms with Crippen molar-refractivity contribution in [3.63, 3.8) is 0 Å². The Morgan fingerprint density at radius 1 is 1.04 bits per heavy atom. The van der Waals surface area contributed by atoms with Crippen LogP contribution in [0.1, 0.15) is 30.0 Å². The van der Waals surface area contributed by atoms with Crippen molar-refractivity contribution < 1.29 is 9.59 Å². The number of para-hydroxylation sites is 1. The molecule has 1 fully saturated rings. The number of aryl methyl sites for hydroxylation is 2. The van der Waals surface area contributed by atoms with Crippen molar-refractivity contribution in [1.82, 2.24) is 5.32 Å². The molecule has 2 amide bonds. The number of anilines is 1. The number of hydrogen-bond acceptors (Lipinski definition) is 2. The molecule has 0 heterocycles. The van der Waals surface area contributed by atoms with E-state index in [1.165, 1.54) is 0 Å². The van der Waals surface area contributed by atoms with Gasteiger partial charge in [-0.3, -0.25) is 9.59 Å². The van der Waals surface area contributed by atoms with E-state index in [9.17, 15) is 9.59 Å². The highest BCUT2D eigenvalue weighted by Crippen LogP contribution is 2.40. The molecule has 3 rings (SSSR count). The molecule has 4 nitrogen and oxygen atoms in total. The Labute approximate surface area is 158 Å². The van der Waals surface area contributed by atoms with E-state index in [0.29, 0.717) is 18.0 Å². The van der Waals surface area contributed by atoms with E-state index in [2.05, 4.69) is 17.6 Å². The summed E-state index contributed by atoms with van der Waals surface area (Å²) < 4.78 is 0. The molecule has 2 aromatic carbocycles. The fourth-order valence-electron chi connectivity index (χ4n) is 3.15. The number of carbonyl (C=O) groups is 2. The first kappa shape index (κ1) is 18.5. The highest BCUT2D eigenvalue weighted by atomic mass is 35.5. The molecule has 2 atom stereocenters. The number of hydrogen-bond donors (Lipinski definition) is 2. The molecule has 5 heteroatoms. The van der Waals surface area contributed by atoms with Crippen molar-refractivity contribution in [2.75, 3.05) is 5.32 Å². The molecule has 2 aromatic rings. The van der Waals surface area contributed by atoms with Crippen molar-refractivity contribution in [2.45, 2.75) is 33.2 Å². The first-order valence-corrected chi connectivity index (χ1v) is 9.29. The molecule has 0 bridgehead atoms. The normalized spacial score (nSPS) is 18.3. The summed E-state index contributed by atoms with van der Waals surface area (Å²) in [5.41, 5.74) is 3.90. The van der Waals surface area contributed by atoms with Crippen molar-refractivity contribution in [2.24, 2.45) is 11.8 Å². The lowest BCUT2D eigenvalue weighted by molar-refractivity contribution is -0.125. The van der Waals surface area contributed by atoms with Gasteiger partial charge in [0.25, 0.3) is 0 Å². The van der Waals surface area contributed by atoms with Gasteiger partial charge < -0.3 is 10.6 Å². The molecule has 1 aliphatic carbocycles. The van der Waals surface area contributed by atoms with Crippen molar-refractivity contribution in [3.05, 3.63) is 64.2 Å². The van der Waals surface area contributed by atoms with Crippen LogP contribution in [0.2, 0.25) is 5.02 Å². The summed E-state index contributed by atoms with van der Waals surface area (Å²) in [6.07, 6.45) is 1.44. The molecule has 26 heavy (non-hydrogen) atoms. The van der Waals surface area contributed by atoms with Crippen LogP contribution in [-0.2, 0) is 22.6 Å². The molecule has 1 aliphatic rings. The van der Waals surface area contributed by atoms with Crippen LogP contribution in [0, 0.1) is 18.8 Å². The van der Waals surface area contributed by atoms with Crippen LogP contribution in [0.25, 0.3) is 0 Å². The Kier molecular flexibility index (Phi) is 5.62. The lowest BCUT2D eigenvalue weighted by Gasteiger charge is -2.13. The maximum absolute atomic E-state index is 12.5. The number of rotatable bonds is 6. The Morgan fingerprint density at radius 3 is 2.46 bits per heavy atom. The zero-order chi connectivity index (χ0) is 18.7. The maximum Gasteiger partial charge on any atom is 0.228 e. The van der Waals surface area contributed by atoms with Crippen LogP contribution < -0.4 is 10.6 Å². The molecular formula is C21H23ClN2O2. The third kappa shape index (κ3) is 4.07. The summed E-state index contributed by atoms with van der Waals surface area (Å²) in [6.45, 7) is 4.42. The maximum atomic E-state index is 12.5. The number of amides is 2. The van der Waals surface area contributed by atoms with Gasteiger partial charge in [-0.05, 0) is 42.5 Å². The van der Waals surface area contributed by atoms with Crippen LogP contribution in [0.5, 0.6) is 0 Å². The van der Waals surface area contributed by atoms with E-state index in [1.807, 2.05) is 43.3 Å². The van der Waals surface area contributed by atoms with E-state index in [4.69, 9.17) is 11.6 Å². The Balaban J connectivity index is 1.56. The topological polar surface area (TPSA) is 58.2 Å². The predicted molar refractivity (Wildman–Crippen MR) is 104 cm³/mol. The molecule has 0 aromatic heterocycles. The zero-order valence-electron chi connectivity index (χ0n) is 15.0. The summed E-state index contributed by atoms with van der Waals surface area (Å²) in [4.78, 5) is 24.8. The predicted octanol–water partition coefficient (Wildman–Crippen LogP) is 4.10. The second-order valence-corrected chi connectivity index (χ2v) is 7.12. The summed E-state index contributed by atoms with van der Waals surface area (Å²) >= 11 is 6.10. The first-order chi connectivity index (χ1) is 12.5. The summed E-state index contributed by atoms with van der Waals surface area (Å²) in [5, 5.41) is 6.53. The van der Waals surface area contributed by atoms with Crippen LogP contribution in [-0.4, -0.2) is 11.8 Å². The minimum Gasteiger partial charge on any atom is -0.352 e. The molecule has 0 aliphatic heterocycles. The van der Waals surface area contributed by atoms with Gasteiger partial charge in [-0.1, -0.05) is 54.9 Å². The van der Waals surface area contributed by atoms with E-state index < -0.39 is 0 Å². The molecule has 1 saturated carbocycles. The highest BCUT2D eigenvalue weighted by Gasteiger charge is 2.48. The Hall–Kier alpha value is -2.33. The summed E-state index contributed by atoms with van der Waals surface area (Å²) in [7, 11) is 0. The van der Waals surface area contributed by atoms with Gasteiger partial charge in [-0.2, -0.15) is 0 Å². The average molecular weight is 371 g/mol. The molecule has 0 radical (unpaired) electrons. The van der Waals surface area contributed by atoms with Gasteiger partial charge in [0.2, 0.25) is 11.8 Å². The quantitative estimate of drug-likeness (QED) is 0.804. The minimum absolute atomic E-state index is 0.0770. The second kappa shape index (κ2) is 7.92. The monoisotopic (exact) mass is 370 g/mol. The van der Waals surface area contributed by atoms with Crippen molar-refractivity contribution in [1.29, 1.82) is 0 Å². The number of benzene rings is 2. The van der Waals surface area contributed by atoms with E-state index in [1.54, 1.807) is 6.07 Å². The van der Waals surface area contributed by atoms with Gasteiger partial charge >= 0.3 is 0 Å². The lowest BCUT2D eigenvalue weighted by atomic mass is 10.1. The highest BCUT2D eigenvalue weighted by molar-refractivity contribution is 6.31. The Bertz CT molecular complexity index is 835. The first-order valence-electron chi connectivity index (χ1n) is 8.91. The molecule has 0 saturated heterocycles. The van der Waals surface area contributed by atoms with Gasteiger partial charge in [0.1, 0.15) is 0 Å². The Morgan fingerprint density at radius 2 is 1.73 bits per heavy atom. The molecule has 136 valence electrons. The van der Waals surface area contributed by atoms with Gasteiger partial charge in [0.15, 0.2) is 0 Å². The van der Waals surface area contributed by atoms with Crippen molar-refractivity contribution >= 4 is 29.1 Å². The lowest BCUT2D eigenvalue weighted by Crippen LogP contribution is -2.27. The molecule has 2 unspecified atom stereocenters. The average Bonchev–Trinajstić information content (AvgIpc) is 3.43. The minimum atomic E-state index is -0.259. The van der Waals surface area contributed by atoms with E-state index in [0.717, 1.165) is 28.8 Å². The fourth-order valence-corrected chi connectivity index (χ4v) is 3.35. The van der Waals surface area contributed by atoms with Crippen LogP contribution in [0.4, 0.5) is 5.69 Å². The molecule has 2 N–H and O–H groups in total. The van der Waals surface area contributed by atoms with Gasteiger partial charge in [-0.15, -0.1) is 0 Å². The zero-order valence-corrected chi connectivity index (χ0v) is 15.8. The second-order valence-electron chi connectivity index (χ2n) is 6.71. The molecule has 0 spiro atoms. The van der Waals surface area contributed by atoms with E-state index >= 15 is 0 Å². The van der Waals surface area contributed by atoms with Gasteiger partial charge in [0, 0.05) is 17.3 Å². The third-order valence-corrected chi connectivity index (χ3v) is 5.23. The molecular weight excluding hydrogens is 348 g/mol. The smallest absolute Gasteiger partial charge is 0.228 e. The van der Waals surface area contributed by atoms with Gasteiger partial charge in [0.05, 0.1) is 11.8 Å². The SMILES string of the molecule is CCc1cccc(C)c1NC(=O)C1CC1C(=O)NCc1ccccc1Cl.